The first-order valence-corrected chi connectivity index (χ1v) is 12.9. The summed E-state index contributed by atoms with van der Waals surface area (Å²) < 4.78 is 11.0. The van der Waals surface area contributed by atoms with Crippen LogP contribution in [0, 0.1) is 6.92 Å². The molecule has 2 aliphatic heterocycles. The second-order valence-electron chi connectivity index (χ2n) is 10.1. The second-order valence-corrected chi connectivity index (χ2v) is 10.1. The highest BCUT2D eigenvalue weighted by Crippen LogP contribution is 2.42. The monoisotopic (exact) mass is 483 g/mol. The molecule has 0 unspecified atom stereocenters. The Morgan fingerprint density at radius 1 is 0.861 bits per heavy atom. The molecule has 0 saturated carbocycles. The molecular weight excluding hydrogens is 450 g/mol. The zero-order chi connectivity index (χ0) is 24.6. The lowest BCUT2D eigenvalue weighted by molar-refractivity contribution is 0.0341. The maximum atomic E-state index is 12.5. The first-order chi connectivity index (χ1) is 17.6. The molecule has 3 aliphatic rings. The summed E-state index contributed by atoms with van der Waals surface area (Å²) in [7, 11) is 0. The number of hydrogen-bond acceptors (Lipinski definition) is 5. The van der Waals surface area contributed by atoms with Gasteiger partial charge in [0.1, 0.15) is 0 Å². The average Bonchev–Trinajstić information content (AvgIpc) is 3.28. The van der Waals surface area contributed by atoms with Crippen molar-refractivity contribution >= 4 is 11.6 Å². The van der Waals surface area contributed by atoms with E-state index < -0.39 is 0 Å². The van der Waals surface area contributed by atoms with Crippen molar-refractivity contribution in [2.75, 3.05) is 57.5 Å². The van der Waals surface area contributed by atoms with Crippen LogP contribution in [0.5, 0.6) is 0 Å². The van der Waals surface area contributed by atoms with Gasteiger partial charge in [0.05, 0.1) is 26.4 Å². The van der Waals surface area contributed by atoms with Crippen LogP contribution in [-0.2, 0) is 22.4 Å². The van der Waals surface area contributed by atoms with E-state index in [0.29, 0.717) is 5.56 Å². The van der Waals surface area contributed by atoms with E-state index in [0.717, 1.165) is 87.8 Å². The van der Waals surface area contributed by atoms with E-state index >= 15 is 0 Å². The van der Waals surface area contributed by atoms with Gasteiger partial charge in [0.15, 0.2) is 0 Å². The lowest BCUT2D eigenvalue weighted by Gasteiger charge is -2.29. The fourth-order valence-electron chi connectivity index (χ4n) is 5.74. The molecule has 36 heavy (non-hydrogen) atoms. The Morgan fingerprint density at radius 3 is 2.33 bits per heavy atom. The van der Waals surface area contributed by atoms with Gasteiger partial charge in [0, 0.05) is 44.0 Å². The maximum Gasteiger partial charge on any atom is 0.249 e. The van der Waals surface area contributed by atoms with E-state index in [9.17, 15) is 4.79 Å². The number of carbonyl (C=O) groups is 1. The van der Waals surface area contributed by atoms with Crippen LogP contribution in [-0.4, -0.2) is 63.4 Å². The summed E-state index contributed by atoms with van der Waals surface area (Å²) in [5.41, 5.74) is 17.1. The summed E-state index contributed by atoms with van der Waals surface area (Å²) in [6.07, 6.45) is 0.735. The molecule has 3 aromatic carbocycles. The van der Waals surface area contributed by atoms with Gasteiger partial charge in [0.25, 0.3) is 0 Å². The number of aryl methyl sites for hydroxylation is 1. The molecule has 3 aromatic rings. The van der Waals surface area contributed by atoms with Crippen LogP contribution >= 0.6 is 0 Å². The number of hydrogen-bond donors (Lipinski definition) is 1. The molecule has 0 bridgehead atoms. The predicted octanol–water partition coefficient (Wildman–Crippen LogP) is 4.00. The number of amides is 1. The Bertz CT molecular complexity index is 1310. The van der Waals surface area contributed by atoms with Crippen LogP contribution in [0.4, 0.5) is 5.69 Å². The number of benzene rings is 3. The summed E-state index contributed by atoms with van der Waals surface area (Å²) in [4.78, 5) is 17.3. The largest absolute Gasteiger partial charge is 0.379 e. The standard InChI is InChI=1S/C30H33N3O3/c1-20-14-21(2-3-22(20)19-32-6-10-35-11-7-32)23-16-27-26-5-4-25(33-8-12-36-13-9-33)15-24(26)18-28(27)29(17-23)30(31)34/h2-5,14-17H,6-13,18-19H2,1H3,(H2,31,34). The van der Waals surface area contributed by atoms with Crippen LogP contribution in [0.1, 0.15) is 32.6 Å². The van der Waals surface area contributed by atoms with Gasteiger partial charge < -0.3 is 20.1 Å². The number of anilines is 1. The summed E-state index contributed by atoms with van der Waals surface area (Å²) in [6, 6.07) is 17.5. The van der Waals surface area contributed by atoms with Gasteiger partial charge in [-0.15, -0.1) is 0 Å². The molecule has 2 fully saturated rings. The van der Waals surface area contributed by atoms with Gasteiger partial charge in [-0.05, 0) is 82.1 Å². The molecule has 186 valence electrons. The smallest absolute Gasteiger partial charge is 0.249 e. The number of carbonyl (C=O) groups excluding carboxylic acids is 1. The third kappa shape index (κ3) is 4.41. The molecule has 2 saturated heterocycles. The second kappa shape index (κ2) is 9.69. The molecule has 1 aliphatic carbocycles. The summed E-state index contributed by atoms with van der Waals surface area (Å²) >= 11 is 0. The number of primary amides is 1. The zero-order valence-corrected chi connectivity index (χ0v) is 20.9. The Kier molecular flexibility index (Phi) is 6.25. The van der Waals surface area contributed by atoms with E-state index in [1.165, 1.54) is 27.9 Å². The Balaban J connectivity index is 1.33. The number of ether oxygens (including phenoxy) is 2. The SMILES string of the molecule is Cc1cc(-c2cc(C(N)=O)c3c(c2)-c2ccc(N4CCOCC4)cc2C3)ccc1CN1CCOCC1. The van der Waals surface area contributed by atoms with E-state index in [2.05, 4.69) is 59.2 Å². The van der Waals surface area contributed by atoms with Crippen LogP contribution in [0.15, 0.2) is 48.5 Å². The highest BCUT2D eigenvalue weighted by atomic mass is 16.5. The lowest BCUT2D eigenvalue weighted by Crippen LogP contribution is -2.36. The molecule has 2 heterocycles. The average molecular weight is 484 g/mol. The van der Waals surface area contributed by atoms with Crippen molar-refractivity contribution < 1.29 is 14.3 Å². The molecule has 6 nitrogen and oxygen atoms in total. The highest BCUT2D eigenvalue weighted by molar-refractivity contribution is 6.00. The topological polar surface area (TPSA) is 68.0 Å². The molecule has 0 aromatic heterocycles. The molecular formula is C30H33N3O3. The fourth-order valence-corrected chi connectivity index (χ4v) is 5.74. The first-order valence-electron chi connectivity index (χ1n) is 12.9. The Labute approximate surface area is 212 Å². The number of nitrogens with two attached hydrogens (primary N) is 1. The summed E-state index contributed by atoms with van der Waals surface area (Å²) in [6.45, 7) is 9.99. The third-order valence-electron chi connectivity index (χ3n) is 7.81. The predicted molar refractivity (Wildman–Crippen MR) is 143 cm³/mol. The van der Waals surface area contributed by atoms with Gasteiger partial charge in [-0.1, -0.05) is 24.3 Å². The van der Waals surface area contributed by atoms with E-state index in [4.69, 9.17) is 15.2 Å². The van der Waals surface area contributed by atoms with E-state index in [1.807, 2.05) is 6.07 Å². The Morgan fingerprint density at radius 2 is 1.61 bits per heavy atom. The quantitative estimate of drug-likeness (QED) is 0.465. The number of nitrogens with zero attached hydrogens (tertiary/aromatic N) is 2. The van der Waals surface area contributed by atoms with Gasteiger partial charge in [0.2, 0.25) is 5.91 Å². The van der Waals surface area contributed by atoms with E-state index in [-0.39, 0.29) is 5.91 Å². The minimum Gasteiger partial charge on any atom is -0.379 e. The van der Waals surface area contributed by atoms with Crippen LogP contribution < -0.4 is 10.6 Å². The van der Waals surface area contributed by atoms with Crippen molar-refractivity contribution in [2.45, 2.75) is 19.9 Å². The van der Waals surface area contributed by atoms with Gasteiger partial charge in [-0.3, -0.25) is 9.69 Å². The zero-order valence-electron chi connectivity index (χ0n) is 20.9. The normalized spacial score (nSPS) is 17.6. The third-order valence-corrected chi connectivity index (χ3v) is 7.81. The molecule has 0 spiro atoms. The molecule has 1 amide bonds. The van der Waals surface area contributed by atoms with Gasteiger partial charge in [-0.25, -0.2) is 0 Å². The van der Waals surface area contributed by atoms with E-state index in [1.54, 1.807) is 0 Å². The van der Waals surface area contributed by atoms with Gasteiger partial charge in [-0.2, -0.15) is 0 Å². The van der Waals surface area contributed by atoms with Crippen molar-refractivity contribution in [3.8, 4) is 22.3 Å². The molecule has 6 heteroatoms. The van der Waals surface area contributed by atoms with Crippen molar-refractivity contribution in [1.29, 1.82) is 0 Å². The van der Waals surface area contributed by atoms with Crippen molar-refractivity contribution in [3.63, 3.8) is 0 Å². The van der Waals surface area contributed by atoms with Crippen LogP contribution in [0.25, 0.3) is 22.3 Å². The highest BCUT2D eigenvalue weighted by Gasteiger charge is 2.26. The van der Waals surface area contributed by atoms with Crippen molar-refractivity contribution in [2.24, 2.45) is 5.73 Å². The maximum absolute atomic E-state index is 12.5. The molecule has 0 radical (unpaired) electrons. The van der Waals surface area contributed by atoms with Crippen LogP contribution in [0.3, 0.4) is 0 Å². The molecule has 2 N–H and O–H groups in total. The van der Waals surface area contributed by atoms with Crippen molar-refractivity contribution in [1.82, 2.24) is 4.90 Å². The lowest BCUT2D eigenvalue weighted by atomic mass is 9.92. The molecule has 6 rings (SSSR count). The number of fused-ring (bicyclic) bond motifs is 3. The van der Waals surface area contributed by atoms with Crippen molar-refractivity contribution in [3.05, 3.63) is 76.3 Å². The number of morpholine rings is 2. The minimum absolute atomic E-state index is 0.366. The molecule has 0 atom stereocenters. The summed E-state index contributed by atoms with van der Waals surface area (Å²) in [5.74, 6) is -0.366. The minimum atomic E-state index is -0.366. The van der Waals surface area contributed by atoms with Gasteiger partial charge >= 0.3 is 0 Å². The van der Waals surface area contributed by atoms with Crippen LogP contribution in [0.2, 0.25) is 0 Å². The Hall–Kier alpha value is -3.19. The first kappa shape index (κ1) is 23.2. The fraction of sp³-hybridized carbons (Fsp3) is 0.367. The number of rotatable bonds is 5. The summed E-state index contributed by atoms with van der Waals surface area (Å²) in [5, 5.41) is 0.